The van der Waals surface area contributed by atoms with E-state index in [0.717, 1.165) is 0 Å². The van der Waals surface area contributed by atoms with Crippen LogP contribution in [0.4, 0.5) is 0 Å². The number of fused-ring (bicyclic) bond motifs is 1. The summed E-state index contributed by atoms with van der Waals surface area (Å²) in [6.45, 7) is 0. The van der Waals surface area contributed by atoms with E-state index in [2.05, 4.69) is 17.1 Å². The molecular formula is C11H11NO. The molecule has 1 aromatic carbocycles. The molecule has 0 spiro atoms. The molecule has 0 aromatic heterocycles. The Morgan fingerprint density at radius 1 is 1.31 bits per heavy atom. The van der Waals surface area contributed by atoms with E-state index in [4.69, 9.17) is 4.74 Å². The van der Waals surface area contributed by atoms with Gasteiger partial charge in [0.2, 0.25) is 0 Å². The Morgan fingerprint density at radius 3 is 3.00 bits per heavy atom. The highest BCUT2D eigenvalue weighted by molar-refractivity contribution is 5.73. The van der Waals surface area contributed by atoms with E-state index in [1.165, 1.54) is 11.1 Å². The molecule has 0 radical (unpaired) electrons. The van der Waals surface area contributed by atoms with Gasteiger partial charge in [-0.2, -0.15) is 0 Å². The van der Waals surface area contributed by atoms with Crippen molar-refractivity contribution < 1.29 is 4.74 Å². The maximum atomic E-state index is 5.31. The Morgan fingerprint density at radius 2 is 2.15 bits per heavy atom. The highest BCUT2D eigenvalue weighted by atomic mass is 16.5. The number of hydrogen-bond donors (Lipinski definition) is 0. The molecule has 0 bridgehead atoms. The highest BCUT2D eigenvalue weighted by Gasteiger charge is 2.11. The van der Waals surface area contributed by atoms with Crippen LogP contribution in [0.1, 0.15) is 17.2 Å². The summed E-state index contributed by atoms with van der Waals surface area (Å²) in [5.74, 6) is 0. The van der Waals surface area contributed by atoms with Gasteiger partial charge in [-0.1, -0.05) is 24.3 Å². The third-order valence-electron chi connectivity index (χ3n) is 2.12. The smallest absolute Gasteiger partial charge is 0.118 e. The zero-order valence-electron chi connectivity index (χ0n) is 7.47. The zero-order valence-corrected chi connectivity index (χ0v) is 7.47. The first-order valence-corrected chi connectivity index (χ1v) is 4.23. The highest BCUT2D eigenvalue weighted by Crippen LogP contribution is 2.22. The summed E-state index contributed by atoms with van der Waals surface area (Å²) in [5.41, 5.74) is 2.34. The monoisotopic (exact) mass is 173 g/mol. The Bertz CT molecular complexity index is 355. The van der Waals surface area contributed by atoms with Crippen molar-refractivity contribution in [2.24, 2.45) is 4.99 Å². The Labute approximate surface area is 77.6 Å². The average Bonchev–Trinajstić information content (AvgIpc) is 2.39. The van der Waals surface area contributed by atoms with Crippen LogP contribution in [0.25, 0.3) is 6.08 Å². The molecule has 1 heterocycles. The van der Waals surface area contributed by atoms with E-state index in [-0.39, 0.29) is 6.10 Å². The van der Waals surface area contributed by atoms with Gasteiger partial charge in [0.1, 0.15) is 6.10 Å². The molecular weight excluding hydrogens is 162 g/mol. The summed E-state index contributed by atoms with van der Waals surface area (Å²) in [6, 6.07) is 8.15. The molecule has 1 unspecified atom stereocenters. The standard InChI is InChI=1S/C11H11NO/c1-13-11-8-12-7-6-9-4-2-3-5-10(9)11/h2-8,11H,1H3. The summed E-state index contributed by atoms with van der Waals surface area (Å²) >= 11 is 0. The molecule has 0 amide bonds. The van der Waals surface area contributed by atoms with Gasteiger partial charge in [0.25, 0.3) is 0 Å². The normalized spacial score (nSPS) is 19.6. The number of nitrogens with zero attached hydrogens (tertiary/aromatic N) is 1. The fraction of sp³-hybridized carbons (Fsp3) is 0.182. The lowest BCUT2D eigenvalue weighted by Crippen LogP contribution is -2.03. The van der Waals surface area contributed by atoms with Gasteiger partial charge in [-0.15, -0.1) is 0 Å². The van der Waals surface area contributed by atoms with Gasteiger partial charge < -0.3 is 4.74 Å². The van der Waals surface area contributed by atoms with E-state index >= 15 is 0 Å². The molecule has 1 atom stereocenters. The molecule has 2 heteroatoms. The minimum Gasteiger partial charge on any atom is -0.371 e. The lowest BCUT2D eigenvalue weighted by Gasteiger charge is -2.11. The molecule has 0 aliphatic carbocycles. The summed E-state index contributed by atoms with van der Waals surface area (Å²) < 4.78 is 5.31. The Kier molecular flexibility index (Phi) is 2.23. The first-order valence-electron chi connectivity index (χ1n) is 4.23. The van der Waals surface area contributed by atoms with Crippen LogP contribution in [0.2, 0.25) is 0 Å². The summed E-state index contributed by atoms with van der Waals surface area (Å²) in [5, 5.41) is 0. The second-order valence-electron chi connectivity index (χ2n) is 2.90. The van der Waals surface area contributed by atoms with Crippen LogP contribution in [-0.2, 0) is 4.74 Å². The van der Waals surface area contributed by atoms with E-state index < -0.39 is 0 Å². The van der Waals surface area contributed by atoms with Gasteiger partial charge in [0, 0.05) is 19.5 Å². The van der Waals surface area contributed by atoms with Crippen LogP contribution in [0.5, 0.6) is 0 Å². The molecule has 0 saturated heterocycles. The lowest BCUT2D eigenvalue weighted by molar-refractivity contribution is 0.161. The second kappa shape index (κ2) is 3.54. The van der Waals surface area contributed by atoms with Gasteiger partial charge in [-0.25, -0.2) is 0 Å². The maximum absolute atomic E-state index is 5.31. The van der Waals surface area contributed by atoms with Crippen molar-refractivity contribution in [2.75, 3.05) is 7.11 Å². The van der Waals surface area contributed by atoms with Crippen LogP contribution >= 0.6 is 0 Å². The Hall–Kier alpha value is -1.41. The number of ether oxygens (including phenoxy) is 1. The van der Waals surface area contributed by atoms with Gasteiger partial charge in [0.05, 0.1) is 0 Å². The van der Waals surface area contributed by atoms with Crippen molar-refractivity contribution >= 4 is 12.3 Å². The molecule has 1 aliphatic rings. The van der Waals surface area contributed by atoms with Crippen molar-refractivity contribution in [1.29, 1.82) is 0 Å². The lowest BCUT2D eigenvalue weighted by atomic mass is 10.0. The van der Waals surface area contributed by atoms with Crippen LogP contribution in [0, 0.1) is 0 Å². The third kappa shape index (κ3) is 1.53. The fourth-order valence-electron chi connectivity index (χ4n) is 1.44. The number of hydrogen-bond acceptors (Lipinski definition) is 2. The summed E-state index contributed by atoms with van der Waals surface area (Å²) in [4.78, 5) is 4.11. The minimum atomic E-state index is -0.0220. The van der Waals surface area contributed by atoms with Crippen molar-refractivity contribution in [3.05, 3.63) is 41.6 Å². The minimum absolute atomic E-state index is 0.0220. The van der Waals surface area contributed by atoms with E-state index in [0.29, 0.717) is 0 Å². The number of methoxy groups -OCH3 is 1. The third-order valence-corrected chi connectivity index (χ3v) is 2.12. The molecule has 2 rings (SSSR count). The molecule has 13 heavy (non-hydrogen) atoms. The molecule has 0 N–H and O–H groups in total. The van der Waals surface area contributed by atoms with Crippen LogP contribution in [0.3, 0.4) is 0 Å². The van der Waals surface area contributed by atoms with Crippen molar-refractivity contribution in [3.63, 3.8) is 0 Å². The van der Waals surface area contributed by atoms with Gasteiger partial charge in [0.15, 0.2) is 0 Å². The summed E-state index contributed by atoms with van der Waals surface area (Å²) in [7, 11) is 1.69. The first-order chi connectivity index (χ1) is 6.42. The number of rotatable bonds is 1. The molecule has 1 aromatic rings. The zero-order chi connectivity index (χ0) is 9.10. The maximum Gasteiger partial charge on any atom is 0.118 e. The van der Waals surface area contributed by atoms with Crippen LogP contribution in [0.15, 0.2) is 35.5 Å². The van der Waals surface area contributed by atoms with Gasteiger partial charge in [-0.05, 0) is 17.2 Å². The average molecular weight is 173 g/mol. The SMILES string of the molecule is COC1C=NC=Cc2ccccc21. The number of benzene rings is 1. The molecule has 0 saturated carbocycles. The predicted octanol–water partition coefficient (Wildman–Crippen LogP) is 2.43. The summed E-state index contributed by atoms with van der Waals surface area (Å²) in [6.07, 6.45) is 5.57. The second-order valence-corrected chi connectivity index (χ2v) is 2.90. The first kappa shape index (κ1) is 8.20. The quantitative estimate of drug-likeness (QED) is 0.639. The van der Waals surface area contributed by atoms with Crippen molar-refractivity contribution in [3.8, 4) is 0 Å². The molecule has 1 aliphatic heterocycles. The fourth-order valence-corrected chi connectivity index (χ4v) is 1.44. The van der Waals surface area contributed by atoms with Crippen molar-refractivity contribution in [1.82, 2.24) is 0 Å². The molecule has 2 nitrogen and oxygen atoms in total. The Balaban J connectivity index is 2.50. The van der Waals surface area contributed by atoms with E-state index in [9.17, 15) is 0 Å². The van der Waals surface area contributed by atoms with Crippen molar-refractivity contribution in [2.45, 2.75) is 6.10 Å². The van der Waals surface area contributed by atoms with E-state index in [1.807, 2.05) is 24.4 Å². The largest absolute Gasteiger partial charge is 0.371 e. The van der Waals surface area contributed by atoms with Gasteiger partial charge in [-0.3, -0.25) is 4.99 Å². The molecule has 0 fully saturated rings. The predicted molar refractivity (Wildman–Crippen MR) is 53.7 cm³/mol. The van der Waals surface area contributed by atoms with Gasteiger partial charge >= 0.3 is 0 Å². The topological polar surface area (TPSA) is 21.6 Å². The van der Waals surface area contributed by atoms with Crippen LogP contribution in [-0.4, -0.2) is 13.3 Å². The van der Waals surface area contributed by atoms with Crippen LogP contribution < -0.4 is 0 Å². The number of aliphatic imine (C=N–C) groups is 1. The van der Waals surface area contributed by atoms with E-state index in [1.54, 1.807) is 13.3 Å². The molecule has 66 valence electrons.